The van der Waals surface area contributed by atoms with Gasteiger partial charge in [-0.2, -0.15) is 13.2 Å². The second-order valence-corrected chi connectivity index (χ2v) is 8.30. The van der Waals surface area contributed by atoms with Gasteiger partial charge in [0.15, 0.2) is 0 Å². The molecule has 37 heavy (non-hydrogen) atoms. The van der Waals surface area contributed by atoms with Crippen molar-refractivity contribution in [3.8, 4) is 17.1 Å². The van der Waals surface area contributed by atoms with Crippen molar-refractivity contribution in [2.24, 2.45) is 0 Å². The van der Waals surface area contributed by atoms with Crippen molar-refractivity contribution in [1.82, 2.24) is 25.3 Å². The Kier molecular flexibility index (Phi) is 7.85. The van der Waals surface area contributed by atoms with Gasteiger partial charge in [0.25, 0.3) is 5.89 Å². The number of Topliss-reactive ketones (excluding diaryl/α,β-unsaturated/α-hetero) is 1. The number of rotatable bonds is 11. The number of nitrogens with one attached hydrogen (secondary N) is 2. The smallest absolute Gasteiger partial charge is 0.471 e. The molecule has 0 aliphatic rings. The Balaban J connectivity index is 1.48. The second kappa shape index (κ2) is 11.2. The molecule has 0 aliphatic heterocycles. The van der Waals surface area contributed by atoms with Gasteiger partial charge in [0.05, 0.1) is 42.3 Å². The summed E-state index contributed by atoms with van der Waals surface area (Å²) in [6.07, 6.45) is 0.955. The molecule has 9 nitrogen and oxygen atoms in total. The van der Waals surface area contributed by atoms with E-state index in [0.717, 1.165) is 10.9 Å². The molecule has 12 heteroatoms. The average molecular weight is 515 g/mol. The maximum absolute atomic E-state index is 13.0. The predicted octanol–water partition coefficient (Wildman–Crippen LogP) is 5.17. The monoisotopic (exact) mass is 515 g/mol. The number of hydrogen-bond acceptors (Lipinski definition) is 7. The number of halogens is 3. The van der Waals surface area contributed by atoms with E-state index in [0.29, 0.717) is 36.4 Å². The lowest BCUT2D eigenvalue weighted by molar-refractivity contribution is -0.174. The standard InChI is InChI=1S/C25H24F3N5O4/c1-36-22-16(13-15-7-5-6-8-17(15)32-22)19-14-30-21(31-19)18(33-24(35)25(26,27)28)9-3-2-4-10-20(34)23-29-11-12-37-23/h5-8,11-14,18H,2-4,9-10H2,1H3,(H,30,31)(H,33,35)/t18-/m0/s1. The SMILES string of the molecule is COc1nc2ccccc2cc1-c1cnc([C@H](CCCCCC(=O)c2ncco2)NC(=O)C(F)(F)F)[nH]1. The molecule has 194 valence electrons. The number of ether oxygens (including phenoxy) is 1. The van der Waals surface area contributed by atoms with Crippen molar-refractivity contribution in [3.05, 3.63) is 60.7 Å². The molecule has 0 saturated heterocycles. The van der Waals surface area contributed by atoms with Crippen molar-refractivity contribution in [3.63, 3.8) is 0 Å². The summed E-state index contributed by atoms with van der Waals surface area (Å²) in [5.41, 5.74) is 1.78. The number of amides is 1. The fourth-order valence-corrected chi connectivity index (χ4v) is 3.89. The minimum atomic E-state index is -5.04. The zero-order valence-corrected chi connectivity index (χ0v) is 19.8. The van der Waals surface area contributed by atoms with Gasteiger partial charge in [-0.3, -0.25) is 9.59 Å². The number of aromatic amines is 1. The van der Waals surface area contributed by atoms with Crippen LogP contribution in [0.2, 0.25) is 0 Å². The van der Waals surface area contributed by atoms with Crippen LogP contribution in [0.4, 0.5) is 13.2 Å². The third kappa shape index (κ3) is 6.32. The number of ketones is 1. The highest BCUT2D eigenvalue weighted by Crippen LogP contribution is 2.32. The normalized spacial score (nSPS) is 12.4. The quantitative estimate of drug-likeness (QED) is 0.209. The average Bonchev–Trinajstić information content (AvgIpc) is 3.59. The van der Waals surface area contributed by atoms with Crippen LogP contribution in [0.15, 0.2) is 53.4 Å². The van der Waals surface area contributed by atoms with Crippen LogP contribution < -0.4 is 10.1 Å². The molecule has 0 aliphatic carbocycles. The number of H-pyrrole nitrogens is 1. The van der Waals surface area contributed by atoms with E-state index in [1.807, 2.05) is 35.6 Å². The first kappa shape index (κ1) is 25.9. The highest BCUT2D eigenvalue weighted by atomic mass is 19.4. The van der Waals surface area contributed by atoms with Crippen LogP contribution in [0.5, 0.6) is 5.88 Å². The molecule has 1 aromatic carbocycles. The summed E-state index contributed by atoms with van der Waals surface area (Å²) in [7, 11) is 1.47. The lowest BCUT2D eigenvalue weighted by Gasteiger charge is -2.18. The van der Waals surface area contributed by atoms with Crippen LogP contribution in [-0.2, 0) is 4.79 Å². The maximum atomic E-state index is 13.0. The maximum Gasteiger partial charge on any atom is 0.471 e. The third-order valence-corrected chi connectivity index (χ3v) is 5.73. The summed E-state index contributed by atoms with van der Waals surface area (Å²) in [4.78, 5) is 39.2. The molecule has 4 rings (SSSR count). The fraction of sp³-hybridized carbons (Fsp3) is 0.320. The Labute approximate surface area is 209 Å². The zero-order valence-electron chi connectivity index (χ0n) is 19.8. The van der Waals surface area contributed by atoms with Crippen LogP contribution in [-0.4, -0.2) is 44.9 Å². The molecule has 0 fully saturated rings. The first-order chi connectivity index (χ1) is 17.8. The highest BCUT2D eigenvalue weighted by molar-refractivity contribution is 5.91. The van der Waals surface area contributed by atoms with Crippen LogP contribution in [0, 0.1) is 0 Å². The lowest BCUT2D eigenvalue weighted by Crippen LogP contribution is -2.39. The van der Waals surface area contributed by atoms with E-state index >= 15 is 0 Å². The molecular formula is C25H24F3N5O4. The predicted molar refractivity (Wildman–Crippen MR) is 127 cm³/mol. The summed E-state index contributed by atoms with van der Waals surface area (Å²) in [5.74, 6) is -1.80. The lowest BCUT2D eigenvalue weighted by atomic mass is 10.0. The Morgan fingerprint density at radius 2 is 1.97 bits per heavy atom. The zero-order chi connectivity index (χ0) is 26.4. The Bertz CT molecular complexity index is 1370. The number of carbonyl (C=O) groups excluding carboxylic acids is 2. The molecule has 0 saturated carbocycles. The van der Waals surface area contributed by atoms with Gasteiger partial charge in [-0.15, -0.1) is 0 Å². The van der Waals surface area contributed by atoms with Crippen LogP contribution in [0.25, 0.3) is 22.2 Å². The minimum Gasteiger partial charge on any atom is -0.480 e. The Morgan fingerprint density at radius 3 is 2.70 bits per heavy atom. The molecular weight excluding hydrogens is 491 g/mol. The number of alkyl halides is 3. The number of para-hydroxylation sites is 1. The van der Waals surface area contributed by atoms with Crippen molar-refractivity contribution in [2.45, 2.75) is 44.3 Å². The van der Waals surface area contributed by atoms with Crippen molar-refractivity contribution in [1.29, 1.82) is 0 Å². The van der Waals surface area contributed by atoms with E-state index in [1.165, 1.54) is 25.8 Å². The van der Waals surface area contributed by atoms with Crippen molar-refractivity contribution >= 4 is 22.6 Å². The Hall–Kier alpha value is -4.22. The van der Waals surface area contributed by atoms with Crippen molar-refractivity contribution in [2.75, 3.05) is 7.11 Å². The van der Waals surface area contributed by atoms with Crippen molar-refractivity contribution < 1.29 is 31.9 Å². The van der Waals surface area contributed by atoms with Crippen LogP contribution in [0.1, 0.15) is 54.7 Å². The highest BCUT2D eigenvalue weighted by Gasteiger charge is 2.40. The molecule has 0 radical (unpaired) electrons. The van der Waals surface area contributed by atoms with Gasteiger partial charge in [0.1, 0.15) is 12.1 Å². The number of unbranched alkanes of at least 4 members (excludes halogenated alkanes) is 2. The third-order valence-electron chi connectivity index (χ3n) is 5.73. The molecule has 0 spiro atoms. The fourth-order valence-electron chi connectivity index (χ4n) is 3.89. The number of carbonyl (C=O) groups is 2. The molecule has 3 heterocycles. The van der Waals surface area contributed by atoms with Gasteiger partial charge in [0, 0.05) is 11.8 Å². The number of oxazole rings is 1. The van der Waals surface area contributed by atoms with E-state index in [1.54, 1.807) is 0 Å². The number of aromatic nitrogens is 4. The number of benzene rings is 1. The molecule has 4 aromatic rings. The largest absolute Gasteiger partial charge is 0.480 e. The van der Waals surface area contributed by atoms with Gasteiger partial charge in [-0.05, 0) is 25.0 Å². The number of methoxy groups -OCH3 is 1. The van der Waals surface area contributed by atoms with Gasteiger partial charge < -0.3 is 19.5 Å². The Morgan fingerprint density at radius 1 is 1.16 bits per heavy atom. The summed E-state index contributed by atoms with van der Waals surface area (Å²) in [6.45, 7) is 0. The summed E-state index contributed by atoms with van der Waals surface area (Å²) in [5, 5.41) is 2.87. The second-order valence-electron chi connectivity index (χ2n) is 8.30. The number of imidazole rings is 1. The molecule has 3 aromatic heterocycles. The number of hydrogen-bond donors (Lipinski definition) is 2. The molecule has 1 amide bonds. The molecule has 2 N–H and O–H groups in total. The molecule has 0 bridgehead atoms. The summed E-state index contributed by atoms with van der Waals surface area (Å²) < 4.78 is 49.3. The molecule has 0 unspecified atom stereocenters. The minimum absolute atomic E-state index is 0.0250. The summed E-state index contributed by atoms with van der Waals surface area (Å²) >= 11 is 0. The summed E-state index contributed by atoms with van der Waals surface area (Å²) in [6, 6.07) is 8.24. The first-order valence-electron chi connectivity index (χ1n) is 11.6. The van der Waals surface area contributed by atoms with E-state index in [4.69, 9.17) is 9.15 Å². The van der Waals surface area contributed by atoms with Gasteiger partial charge in [0.2, 0.25) is 11.7 Å². The number of nitrogens with zero attached hydrogens (tertiary/aromatic N) is 3. The topological polar surface area (TPSA) is 123 Å². The van der Waals surface area contributed by atoms with Gasteiger partial charge in [-0.1, -0.05) is 31.0 Å². The number of pyridine rings is 1. The van der Waals surface area contributed by atoms with Gasteiger partial charge in [-0.25, -0.2) is 15.0 Å². The van der Waals surface area contributed by atoms with E-state index in [9.17, 15) is 22.8 Å². The molecule has 1 atom stereocenters. The van der Waals surface area contributed by atoms with E-state index < -0.39 is 18.1 Å². The van der Waals surface area contributed by atoms with E-state index in [2.05, 4.69) is 19.9 Å². The van der Waals surface area contributed by atoms with Gasteiger partial charge >= 0.3 is 12.1 Å². The number of fused-ring (bicyclic) bond motifs is 1. The van der Waals surface area contributed by atoms with E-state index in [-0.39, 0.29) is 30.3 Å². The first-order valence-corrected chi connectivity index (χ1v) is 11.6. The van der Waals surface area contributed by atoms with Crippen LogP contribution >= 0.6 is 0 Å². The van der Waals surface area contributed by atoms with Crippen LogP contribution in [0.3, 0.4) is 0 Å².